The zero-order valence-corrected chi connectivity index (χ0v) is 11.7. The quantitative estimate of drug-likeness (QED) is 0.503. The zero-order chi connectivity index (χ0) is 13.8. The summed E-state index contributed by atoms with van der Waals surface area (Å²) >= 11 is 0. The molecule has 0 spiro atoms. The first-order chi connectivity index (χ1) is 8.28. The van der Waals surface area contributed by atoms with Gasteiger partial charge in [-0.25, -0.2) is 0 Å². The van der Waals surface area contributed by atoms with Crippen LogP contribution in [0.5, 0.6) is 0 Å². The molecule has 0 aliphatic carbocycles. The topological polar surface area (TPSA) is 57.7 Å². The first-order valence-corrected chi connectivity index (χ1v) is 7.68. The van der Waals surface area contributed by atoms with Crippen molar-refractivity contribution in [3.05, 3.63) is 0 Å². The molecule has 0 bridgehead atoms. The molecule has 1 unspecified atom stereocenters. The summed E-state index contributed by atoms with van der Waals surface area (Å²) in [6.07, 6.45) is 2.03. The van der Waals surface area contributed by atoms with Crippen molar-refractivity contribution in [1.29, 1.82) is 0 Å². The first kappa shape index (κ1) is 15.4. The van der Waals surface area contributed by atoms with Crippen molar-refractivity contribution in [3.63, 3.8) is 0 Å². The number of halogens is 1. The van der Waals surface area contributed by atoms with Crippen LogP contribution in [0.25, 0.3) is 0 Å². The lowest BCUT2D eigenvalue weighted by Crippen LogP contribution is -2.27. The number of unbranched alkanes of at least 4 members (excludes halogenated alkanes) is 1. The summed E-state index contributed by atoms with van der Waals surface area (Å²) in [5.41, 5.74) is 0. The number of nitrogens with zero attached hydrogens (tertiary/aromatic N) is 2. The fourth-order valence-corrected chi connectivity index (χ4v) is 2.98. The van der Waals surface area contributed by atoms with Crippen LogP contribution in [0.3, 0.4) is 0 Å². The molecule has 1 fully saturated rings. The second-order valence-corrected chi connectivity index (χ2v) is 6.54. The summed E-state index contributed by atoms with van der Waals surface area (Å²) in [6.45, 7) is 1.96. The molecule has 7 heteroatoms. The van der Waals surface area contributed by atoms with Crippen LogP contribution in [-0.4, -0.2) is 63.6 Å². The molecule has 1 atom stereocenters. The van der Waals surface area contributed by atoms with Gasteiger partial charge in [0.25, 0.3) is 0 Å². The predicted octanol–water partition coefficient (Wildman–Crippen LogP) is 0.476. The highest BCUT2D eigenvalue weighted by atomic mass is 32.3. The van der Waals surface area contributed by atoms with Gasteiger partial charge in [-0.1, -0.05) is 0 Å². The molecular formula is C11H21FN2O3S. The largest absolute Gasteiger partial charge is 0.342 e. The second kappa shape index (κ2) is 6.47. The number of likely N-dealkylation sites (tertiary alicyclic amines) is 1. The van der Waals surface area contributed by atoms with E-state index in [0.717, 1.165) is 19.4 Å². The molecule has 0 aromatic rings. The van der Waals surface area contributed by atoms with Crippen molar-refractivity contribution in [2.45, 2.75) is 19.3 Å². The van der Waals surface area contributed by atoms with E-state index in [1.165, 1.54) is 0 Å². The fourth-order valence-electron chi connectivity index (χ4n) is 2.19. The molecule has 1 heterocycles. The minimum Gasteiger partial charge on any atom is -0.342 e. The van der Waals surface area contributed by atoms with Crippen LogP contribution >= 0.6 is 0 Å². The van der Waals surface area contributed by atoms with Crippen LogP contribution in [0.15, 0.2) is 0 Å². The zero-order valence-electron chi connectivity index (χ0n) is 10.9. The summed E-state index contributed by atoms with van der Waals surface area (Å²) in [7, 11) is -0.498. The molecular weight excluding hydrogens is 259 g/mol. The maximum Gasteiger partial charge on any atom is 0.302 e. The molecule has 0 saturated carbocycles. The predicted molar refractivity (Wildman–Crippen MR) is 67.4 cm³/mol. The third-order valence-electron chi connectivity index (χ3n) is 3.01. The highest BCUT2D eigenvalue weighted by molar-refractivity contribution is 7.86. The van der Waals surface area contributed by atoms with Crippen LogP contribution in [0.2, 0.25) is 0 Å². The third kappa shape index (κ3) is 5.77. The van der Waals surface area contributed by atoms with Crippen molar-refractivity contribution in [1.82, 2.24) is 9.80 Å². The Balaban J connectivity index is 2.29. The van der Waals surface area contributed by atoms with E-state index >= 15 is 0 Å². The third-order valence-corrected chi connectivity index (χ3v) is 3.88. The van der Waals surface area contributed by atoms with Gasteiger partial charge in [0.05, 0.1) is 5.75 Å². The lowest BCUT2D eigenvalue weighted by Gasteiger charge is -2.17. The van der Waals surface area contributed by atoms with Crippen molar-refractivity contribution in [2.24, 2.45) is 5.92 Å². The lowest BCUT2D eigenvalue weighted by atomic mass is 10.1. The van der Waals surface area contributed by atoms with Crippen LogP contribution in [0.4, 0.5) is 3.89 Å². The Labute approximate surface area is 108 Å². The van der Waals surface area contributed by atoms with E-state index in [-0.39, 0.29) is 18.2 Å². The maximum atomic E-state index is 12.5. The average molecular weight is 280 g/mol. The van der Waals surface area contributed by atoms with Crippen LogP contribution in [-0.2, 0) is 15.0 Å². The normalized spacial score (nSPS) is 21.0. The smallest absolute Gasteiger partial charge is 0.302 e. The average Bonchev–Trinajstić information content (AvgIpc) is 2.50. The Hall–Kier alpha value is -0.690. The van der Waals surface area contributed by atoms with Gasteiger partial charge in [0, 0.05) is 25.4 Å². The monoisotopic (exact) mass is 280 g/mol. The molecule has 0 aromatic heterocycles. The van der Waals surface area contributed by atoms with Gasteiger partial charge in [-0.3, -0.25) is 4.79 Å². The van der Waals surface area contributed by atoms with Gasteiger partial charge in [0.1, 0.15) is 0 Å². The fraction of sp³-hybridized carbons (Fsp3) is 0.909. The van der Waals surface area contributed by atoms with E-state index < -0.39 is 16.0 Å². The first-order valence-electron chi connectivity index (χ1n) is 6.13. The Morgan fingerprint density at radius 1 is 1.39 bits per heavy atom. The van der Waals surface area contributed by atoms with Crippen LogP contribution < -0.4 is 0 Å². The van der Waals surface area contributed by atoms with E-state index in [1.807, 2.05) is 14.1 Å². The van der Waals surface area contributed by atoms with Gasteiger partial charge in [-0.15, -0.1) is 3.89 Å². The molecule has 106 valence electrons. The number of rotatable bonds is 7. The molecule has 1 saturated heterocycles. The van der Waals surface area contributed by atoms with E-state index in [2.05, 4.69) is 4.90 Å². The molecule has 5 nitrogen and oxygen atoms in total. The summed E-state index contributed by atoms with van der Waals surface area (Å²) in [5.74, 6) is -0.984. The molecule has 1 aliphatic heterocycles. The van der Waals surface area contributed by atoms with Crippen molar-refractivity contribution in [2.75, 3.05) is 39.5 Å². The van der Waals surface area contributed by atoms with Gasteiger partial charge in [-0.2, -0.15) is 8.42 Å². The number of hydrogen-bond acceptors (Lipinski definition) is 4. The van der Waals surface area contributed by atoms with Crippen molar-refractivity contribution < 1.29 is 17.1 Å². The van der Waals surface area contributed by atoms with Gasteiger partial charge in [0.15, 0.2) is 0 Å². The second-order valence-electron chi connectivity index (χ2n) is 5.13. The number of carbonyl (C=O) groups excluding carboxylic acids is 1. The minimum atomic E-state index is -4.48. The van der Waals surface area contributed by atoms with Crippen LogP contribution in [0, 0.1) is 5.92 Å². The van der Waals surface area contributed by atoms with E-state index in [0.29, 0.717) is 13.1 Å². The molecule has 0 aromatic carbocycles. The lowest BCUT2D eigenvalue weighted by molar-refractivity contribution is -0.127. The van der Waals surface area contributed by atoms with E-state index in [1.54, 1.807) is 4.90 Å². The highest BCUT2D eigenvalue weighted by Crippen LogP contribution is 2.20. The molecule has 1 rings (SSSR count). The van der Waals surface area contributed by atoms with Gasteiger partial charge >= 0.3 is 10.2 Å². The standard InChI is InChI=1S/C11H21FN2O3S/c1-13(2)5-3-4-6-14-8-10(7-11(14)15)9-18(12,16)17/h10H,3-9H2,1-2H3. The molecule has 1 aliphatic rings. The van der Waals surface area contributed by atoms with Crippen molar-refractivity contribution in [3.8, 4) is 0 Å². The Bertz CT molecular complexity index is 384. The Morgan fingerprint density at radius 3 is 2.61 bits per heavy atom. The van der Waals surface area contributed by atoms with Gasteiger partial charge in [0.2, 0.25) is 5.91 Å². The Morgan fingerprint density at radius 2 is 2.06 bits per heavy atom. The maximum absolute atomic E-state index is 12.5. The number of carbonyl (C=O) groups is 1. The van der Waals surface area contributed by atoms with Gasteiger partial charge < -0.3 is 9.80 Å². The molecule has 18 heavy (non-hydrogen) atoms. The SMILES string of the molecule is CN(C)CCCCN1CC(CS(=O)(=O)F)CC1=O. The summed E-state index contributed by atoms with van der Waals surface area (Å²) in [5, 5.41) is 0. The summed E-state index contributed by atoms with van der Waals surface area (Å²) < 4.78 is 33.6. The Kier molecular flexibility index (Phi) is 5.52. The van der Waals surface area contributed by atoms with E-state index in [4.69, 9.17) is 0 Å². The summed E-state index contributed by atoms with van der Waals surface area (Å²) in [4.78, 5) is 15.3. The number of amides is 1. The molecule has 1 amide bonds. The summed E-state index contributed by atoms with van der Waals surface area (Å²) in [6, 6.07) is 0. The molecule has 0 radical (unpaired) electrons. The van der Waals surface area contributed by atoms with E-state index in [9.17, 15) is 17.1 Å². The van der Waals surface area contributed by atoms with Gasteiger partial charge in [-0.05, 0) is 33.5 Å². The van der Waals surface area contributed by atoms with Crippen molar-refractivity contribution >= 4 is 16.1 Å². The van der Waals surface area contributed by atoms with Crippen LogP contribution in [0.1, 0.15) is 19.3 Å². The number of hydrogen-bond donors (Lipinski definition) is 0. The highest BCUT2D eigenvalue weighted by Gasteiger charge is 2.32. The minimum absolute atomic E-state index is 0.0616. The molecule has 0 N–H and O–H groups in total.